The van der Waals surface area contributed by atoms with Crippen molar-refractivity contribution in [1.29, 1.82) is 0 Å². The van der Waals surface area contributed by atoms with Gasteiger partial charge in [0.15, 0.2) is 0 Å². The Hall–Kier alpha value is -0.910. The van der Waals surface area contributed by atoms with Gasteiger partial charge in [-0.15, -0.1) is 0 Å². The van der Waals surface area contributed by atoms with Crippen molar-refractivity contribution in [3.63, 3.8) is 0 Å². The average molecular weight is 257 g/mol. The highest BCUT2D eigenvalue weighted by molar-refractivity contribution is 7.90. The maximum absolute atomic E-state index is 11.1. The van der Waals surface area contributed by atoms with E-state index < -0.39 is 9.84 Å². The highest BCUT2D eigenvalue weighted by atomic mass is 32.2. The van der Waals surface area contributed by atoms with E-state index in [0.717, 1.165) is 5.56 Å². The lowest BCUT2D eigenvalue weighted by atomic mass is 10.2. The molecule has 4 nitrogen and oxygen atoms in total. The summed E-state index contributed by atoms with van der Waals surface area (Å²) in [5.41, 5.74) is 1.12. The third kappa shape index (κ3) is 6.41. The maximum atomic E-state index is 11.1. The van der Waals surface area contributed by atoms with Crippen LogP contribution < -0.4 is 0 Å². The summed E-state index contributed by atoms with van der Waals surface area (Å²) in [6, 6.07) is 9.82. The van der Waals surface area contributed by atoms with E-state index in [0.29, 0.717) is 19.6 Å². The van der Waals surface area contributed by atoms with Crippen molar-refractivity contribution in [2.24, 2.45) is 0 Å². The molecule has 1 aromatic carbocycles. The Kier molecular flexibility index (Phi) is 5.61. The predicted molar refractivity (Wildman–Crippen MR) is 68.5 cm³/mol. The van der Waals surface area contributed by atoms with Gasteiger partial charge >= 0.3 is 0 Å². The van der Waals surface area contributed by atoms with Crippen LogP contribution in [0.4, 0.5) is 0 Å². The van der Waals surface area contributed by atoms with Gasteiger partial charge in [-0.3, -0.25) is 4.90 Å². The number of benzene rings is 1. The van der Waals surface area contributed by atoms with Gasteiger partial charge in [0.25, 0.3) is 0 Å². The van der Waals surface area contributed by atoms with E-state index in [4.69, 9.17) is 5.11 Å². The lowest BCUT2D eigenvalue weighted by Crippen LogP contribution is -2.31. The van der Waals surface area contributed by atoms with Crippen LogP contribution in [0.2, 0.25) is 0 Å². The SMILES string of the molecule is CS(=O)(=O)CCN(CCO)Cc1ccccc1. The minimum absolute atomic E-state index is 0.0383. The van der Waals surface area contributed by atoms with Crippen molar-refractivity contribution >= 4 is 9.84 Å². The van der Waals surface area contributed by atoms with Crippen LogP contribution in [0.5, 0.6) is 0 Å². The lowest BCUT2D eigenvalue weighted by Gasteiger charge is -2.20. The van der Waals surface area contributed by atoms with Crippen LogP contribution in [0.3, 0.4) is 0 Å². The first-order valence-electron chi connectivity index (χ1n) is 5.56. The van der Waals surface area contributed by atoms with Crippen molar-refractivity contribution in [1.82, 2.24) is 4.90 Å². The zero-order valence-corrected chi connectivity index (χ0v) is 10.9. The predicted octanol–water partition coefficient (Wildman–Crippen LogP) is 0.526. The molecule has 0 radical (unpaired) electrons. The number of nitrogens with zero attached hydrogens (tertiary/aromatic N) is 1. The minimum atomic E-state index is -2.95. The molecular formula is C12H19NO3S. The molecule has 1 N–H and O–H groups in total. The van der Waals surface area contributed by atoms with Gasteiger partial charge < -0.3 is 5.11 Å². The van der Waals surface area contributed by atoms with Gasteiger partial charge in [-0.05, 0) is 5.56 Å². The summed E-state index contributed by atoms with van der Waals surface area (Å²) >= 11 is 0. The van der Waals surface area contributed by atoms with E-state index in [-0.39, 0.29) is 12.4 Å². The quantitative estimate of drug-likeness (QED) is 0.774. The van der Waals surface area contributed by atoms with E-state index >= 15 is 0 Å². The van der Waals surface area contributed by atoms with Gasteiger partial charge in [0.05, 0.1) is 12.4 Å². The first-order chi connectivity index (χ1) is 8.01. The topological polar surface area (TPSA) is 57.6 Å². The molecule has 0 aliphatic heterocycles. The fraction of sp³-hybridized carbons (Fsp3) is 0.500. The van der Waals surface area contributed by atoms with Crippen LogP contribution in [0.1, 0.15) is 5.56 Å². The second-order valence-electron chi connectivity index (χ2n) is 4.12. The van der Waals surface area contributed by atoms with E-state index in [1.807, 2.05) is 35.2 Å². The van der Waals surface area contributed by atoms with Crippen molar-refractivity contribution in [2.45, 2.75) is 6.54 Å². The second kappa shape index (κ2) is 6.74. The van der Waals surface area contributed by atoms with Crippen LogP contribution in [-0.2, 0) is 16.4 Å². The number of aliphatic hydroxyl groups is 1. The largest absolute Gasteiger partial charge is 0.395 e. The second-order valence-corrected chi connectivity index (χ2v) is 6.37. The van der Waals surface area contributed by atoms with E-state index in [1.165, 1.54) is 6.26 Å². The summed E-state index contributed by atoms with van der Waals surface area (Å²) in [5.74, 6) is 0.125. The van der Waals surface area contributed by atoms with E-state index in [9.17, 15) is 8.42 Å². The Morgan fingerprint density at radius 2 is 1.82 bits per heavy atom. The molecule has 5 heteroatoms. The van der Waals surface area contributed by atoms with Crippen molar-refractivity contribution in [3.05, 3.63) is 35.9 Å². The Labute approximate surface area is 103 Å². The standard InChI is InChI=1S/C12H19NO3S/c1-17(15,16)10-8-13(7-9-14)11-12-5-3-2-4-6-12/h2-6,14H,7-11H2,1H3. The zero-order valence-electron chi connectivity index (χ0n) is 10.0. The molecule has 0 bridgehead atoms. The van der Waals surface area contributed by atoms with Gasteiger partial charge in [-0.2, -0.15) is 0 Å². The summed E-state index contributed by atoms with van der Waals surface area (Å²) in [7, 11) is -2.95. The monoisotopic (exact) mass is 257 g/mol. The highest BCUT2D eigenvalue weighted by Crippen LogP contribution is 2.04. The number of hydrogen-bond acceptors (Lipinski definition) is 4. The summed E-state index contributed by atoms with van der Waals surface area (Å²) in [5, 5.41) is 8.95. The van der Waals surface area contributed by atoms with Gasteiger partial charge in [-0.1, -0.05) is 30.3 Å². The van der Waals surface area contributed by atoms with Crippen molar-refractivity contribution < 1.29 is 13.5 Å². The number of hydrogen-bond donors (Lipinski definition) is 1. The molecule has 0 saturated heterocycles. The smallest absolute Gasteiger partial charge is 0.148 e. The molecule has 0 spiro atoms. The molecule has 0 aliphatic carbocycles. The number of aliphatic hydroxyl groups excluding tert-OH is 1. The first-order valence-corrected chi connectivity index (χ1v) is 7.62. The zero-order chi connectivity index (χ0) is 12.7. The molecule has 0 aliphatic rings. The molecule has 0 amide bonds. The molecule has 17 heavy (non-hydrogen) atoms. The van der Waals surface area contributed by atoms with Crippen LogP contribution >= 0.6 is 0 Å². The molecule has 96 valence electrons. The number of sulfone groups is 1. The summed E-state index contributed by atoms with van der Waals surface area (Å²) < 4.78 is 22.2. The Bertz CT molecular complexity index is 417. The molecule has 1 rings (SSSR count). The van der Waals surface area contributed by atoms with Crippen LogP contribution in [0, 0.1) is 0 Å². The Balaban J connectivity index is 2.54. The summed E-state index contributed by atoms with van der Waals surface area (Å²) in [6.07, 6.45) is 1.23. The van der Waals surface area contributed by atoms with Crippen LogP contribution in [0.15, 0.2) is 30.3 Å². The third-order valence-corrected chi connectivity index (χ3v) is 3.37. The molecule has 1 aromatic rings. The van der Waals surface area contributed by atoms with Crippen LogP contribution in [-0.4, -0.2) is 50.1 Å². The van der Waals surface area contributed by atoms with Crippen molar-refractivity contribution in [2.75, 3.05) is 31.7 Å². The highest BCUT2D eigenvalue weighted by Gasteiger charge is 2.09. The normalized spacial score (nSPS) is 11.9. The van der Waals surface area contributed by atoms with Gasteiger partial charge in [0.2, 0.25) is 0 Å². The molecule has 0 heterocycles. The summed E-state index contributed by atoms with van der Waals surface area (Å²) in [4.78, 5) is 1.94. The van der Waals surface area contributed by atoms with Gasteiger partial charge in [0, 0.05) is 25.9 Å². The third-order valence-electron chi connectivity index (χ3n) is 2.44. The van der Waals surface area contributed by atoms with Crippen LogP contribution in [0.25, 0.3) is 0 Å². The fourth-order valence-corrected chi connectivity index (χ4v) is 2.14. The lowest BCUT2D eigenvalue weighted by molar-refractivity contribution is 0.197. The maximum Gasteiger partial charge on any atom is 0.148 e. The summed E-state index contributed by atoms with van der Waals surface area (Å²) in [6.45, 7) is 1.65. The average Bonchev–Trinajstić information content (AvgIpc) is 2.27. The molecule has 0 unspecified atom stereocenters. The Morgan fingerprint density at radius 3 is 2.35 bits per heavy atom. The van der Waals surface area contributed by atoms with E-state index in [1.54, 1.807) is 0 Å². The van der Waals surface area contributed by atoms with Gasteiger partial charge in [-0.25, -0.2) is 8.42 Å². The van der Waals surface area contributed by atoms with E-state index in [2.05, 4.69) is 0 Å². The molecule has 0 atom stereocenters. The molecule has 0 fully saturated rings. The minimum Gasteiger partial charge on any atom is -0.395 e. The molecule has 0 saturated carbocycles. The van der Waals surface area contributed by atoms with Gasteiger partial charge in [0.1, 0.15) is 9.84 Å². The first kappa shape index (κ1) is 14.2. The Morgan fingerprint density at radius 1 is 1.18 bits per heavy atom. The number of rotatable bonds is 7. The fourth-order valence-electron chi connectivity index (χ4n) is 1.55. The molecule has 0 aromatic heterocycles. The molecular weight excluding hydrogens is 238 g/mol. The van der Waals surface area contributed by atoms with Crippen molar-refractivity contribution in [3.8, 4) is 0 Å².